The van der Waals surface area contributed by atoms with E-state index >= 15 is 0 Å². The van der Waals surface area contributed by atoms with Gasteiger partial charge in [0.05, 0.1) is 0 Å². The molecule has 4 nitrogen and oxygen atoms in total. The van der Waals surface area contributed by atoms with E-state index in [2.05, 4.69) is 47.7 Å². The molecule has 1 aromatic heterocycles. The number of aromatic nitrogens is 1. The van der Waals surface area contributed by atoms with Crippen LogP contribution in [0.3, 0.4) is 0 Å². The zero-order chi connectivity index (χ0) is 13.8. The van der Waals surface area contributed by atoms with Crippen LogP contribution < -0.4 is 10.6 Å². The van der Waals surface area contributed by atoms with Crippen LogP contribution in [0.15, 0.2) is 18.3 Å². The van der Waals surface area contributed by atoms with Crippen molar-refractivity contribution in [1.29, 1.82) is 0 Å². The molecule has 1 aliphatic heterocycles. The Morgan fingerprint density at radius 1 is 1.21 bits per heavy atom. The van der Waals surface area contributed by atoms with Crippen molar-refractivity contribution >= 4 is 5.82 Å². The molecule has 0 aliphatic carbocycles. The molecule has 1 saturated heterocycles. The summed E-state index contributed by atoms with van der Waals surface area (Å²) in [6.07, 6.45) is 2.88. The normalized spacial score (nSPS) is 18.9. The van der Waals surface area contributed by atoms with Crippen molar-refractivity contribution in [2.24, 2.45) is 5.73 Å². The van der Waals surface area contributed by atoms with Gasteiger partial charge in [0.2, 0.25) is 0 Å². The molecule has 2 rings (SSSR count). The van der Waals surface area contributed by atoms with E-state index < -0.39 is 0 Å². The highest BCUT2D eigenvalue weighted by atomic mass is 15.3. The molecule has 1 unspecified atom stereocenters. The second kappa shape index (κ2) is 6.35. The molecule has 106 valence electrons. The Morgan fingerprint density at radius 2 is 1.89 bits per heavy atom. The van der Waals surface area contributed by atoms with E-state index in [9.17, 15) is 0 Å². The van der Waals surface area contributed by atoms with Crippen molar-refractivity contribution in [1.82, 2.24) is 9.88 Å². The molecule has 4 heteroatoms. The van der Waals surface area contributed by atoms with Gasteiger partial charge in [-0.25, -0.2) is 4.98 Å². The Labute approximate surface area is 116 Å². The second-order valence-electron chi connectivity index (χ2n) is 5.58. The first-order valence-corrected chi connectivity index (χ1v) is 7.32. The van der Waals surface area contributed by atoms with Gasteiger partial charge >= 0.3 is 0 Å². The maximum Gasteiger partial charge on any atom is 0.128 e. The van der Waals surface area contributed by atoms with Gasteiger partial charge in [-0.3, -0.25) is 4.90 Å². The molecule has 0 spiro atoms. The lowest BCUT2D eigenvalue weighted by Gasteiger charge is -2.37. The van der Waals surface area contributed by atoms with Gasteiger partial charge in [-0.15, -0.1) is 0 Å². The minimum Gasteiger partial charge on any atom is -0.354 e. The quantitative estimate of drug-likeness (QED) is 0.902. The van der Waals surface area contributed by atoms with Gasteiger partial charge in [0.15, 0.2) is 0 Å². The summed E-state index contributed by atoms with van der Waals surface area (Å²) in [5, 5.41) is 0. The lowest BCUT2D eigenvalue weighted by atomic mass is 10.1. The number of anilines is 1. The van der Waals surface area contributed by atoms with E-state index in [1.165, 1.54) is 0 Å². The standard InChI is InChI=1S/C15H26N4/c1-4-14(16)13-5-6-15(17-11-13)19-9-7-18(8-10-19)12(2)3/h5-6,11-12,14H,4,7-10,16H2,1-3H3. The first-order valence-electron chi connectivity index (χ1n) is 7.32. The van der Waals surface area contributed by atoms with E-state index in [1.807, 2.05) is 6.20 Å². The monoisotopic (exact) mass is 262 g/mol. The minimum atomic E-state index is 0.110. The molecule has 1 aliphatic rings. The smallest absolute Gasteiger partial charge is 0.128 e. The van der Waals surface area contributed by atoms with Crippen LogP contribution in [0, 0.1) is 0 Å². The lowest BCUT2D eigenvalue weighted by molar-refractivity contribution is 0.209. The zero-order valence-electron chi connectivity index (χ0n) is 12.3. The molecule has 19 heavy (non-hydrogen) atoms. The van der Waals surface area contributed by atoms with Gasteiger partial charge in [-0.1, -0.05) is 13.0 Å². The number of nitrogens with two attached hydrogens (primary N) is 1. The van der Waals surface area contributed by atoms with Crippen LogP contribution in [-0.2, 0) is 0 Å². The highest BCUT2D eigenvalue weighted by Gasteiger charge is 2.19. The van der Waals surface area contributed by atoms with Gasteiger partial charge in [0, 0.05) is 44.5 Å². The summed E-state index contributed by atoms with van der Waals surface area (Å²) in [6, 6.07) is 4.97. The topological polar surface area (TPSA) is 45.4 Å². The number of pyridine rings is 1. The van der Waals surface area contributed by atoms with Crippen molar-refractivity contribution < 1.29 is 0 Å². The SMILES string of the molecule is CCC(N)c1ccc(N2CCN(C(C)C)CC2)nc1. The van der Waals surface area contributed by atoms with Crippen molar-refractivity contribution in [2.75, 3.05) is 31.1 Å². The molecule has 1 atom stereocenters. The second-order valence-corrected chi connectivity index (χ2v) is 5.58. The lowest BCUT2D eigenvalue weighted by Crippen LogP contribution is -2.49. The Balaban J connectivity index is 1.96. The molecular formula is C15H26N4. The molecule has 0 aromatic carbocycles. The van der Waals surface area contributed by atoms with Crippen molar-refractivity contribution in [2.45, 2.75) is 39.3 Å². The van der Waals surface area contributed by atoms with E-state index in [1.54, 1.807) is 0 Å². The third-order valence-corrected chi connectivity index (χ3v) is 4.01. The van der Waals surface area contributed by atoms with Gasteiger partial charge < -0.3 is 10.6 Å². The van der Waals surface area contributed by atoms with Crippen LogP contribution in [-0.4, -0.2) is 42.1 Å². The summed E-state index contributed by atoms with van der Waals surface area (Å²) < 4.78 is 0. The Bertz CT molecular complexity index is 380. The van der Waals surface area contributed by atoms with Gasteiger partial charge in [0.1, 0.15) is 5.82 Å². The molecule has 0 radical (unpaired) electrons. The molecule has 0 bridgehead atoms. The van der Waals surface area contributed by atoms with Crippen LogP contribution >= 0.6 is 0 Å². The highest BCUT2D eigenvalue weighted by molar-refractivity contribution is 5.40. The maximum atomic E-state index is 6.01. The Hall–Kier alpha value is -1.13. The summed E-state index contributed by atoms with van der Waals surface area (Å²) in [4.78, 5) is 9.44. The fraction of sp³-hybridized carbons (Fsp3) is 0.667. The number of hydrogen-bond acceptors (Lipinski definition) is 4. The van der Waals surface area contributed by atoms with Gasteiger partial charge in [-0.05, 0) is 31.9 Å². The predicted molar refractivity (Wildman–Crippen MR) is 80.4 cm³/mol. The molecule has 1 aromatic rings. The van der Waals surface area contributed by atoms with E-state index in [4.69, 9.17) is 5.73 Å². The first kappa shape index (κ1) is 14.3. The largest absolute Gasteiger partial charge is 0.354 e. The summed E-state index contributed by atoms with van der Waals surface area (Å²) in [5.41, 5.74) is 7.15. The van der Waals surface area contributed by atoms with Crippen LogP contribution in [0.25, 0.3) is 0 Å². The number of hydrogen-bond donors (Lipinski definition) is 1. The fourth-order valence-electron chi connectivity index (χ4n) is 2.51. The third-order valence-electron chi connectivity index (χ3n) is 4.01. The van der Waals surface area contributed by atoms with Crippen molar-refractivity contribution in [3.63, 3.8) is 0 Å². The Kier molecular flexibility index (Phi) is 4.77. The fourth-order valence-corrected chi connectivity index (χ4v) is 2.51. The van der Waals surface area contributed by atoms with Gasteiger partial charge in [0.25, 0.3) is 0 Å². The summed E-state index contributed by atoms with van der Waals surface area (Å²) in [7, 11) is 0. The number of nitrogens with zero attached hydrogens (tertiary/aromatic N) is 3. The minimum absolute atomic E-state index is 0.110. The van der Waals surface area contributed by atoms with E-state index in [0.717, 1.165) is 44.0 Å². The Morgan fingerprint density at radius 3 is 2.37 bits per heavy atom. The summed E-state index contributed by atoms with van der Waals surface area (Å²) >= 11 is 0. The average molecular weight is 262 g/mol. The van der Waals surface area contributed by atoms with Crippen molar-refractivity contribution in [3.8, 4) is 0 Å². The van der Waals surface area contributed by atoms with E-state index in [0.29, 0.717) is 6.04 Å². The van der Waals surface area contributed by atoms with Crippen LogP contribution in [0.2, 0.25) is 0 Å². The first-order chi connectivity index (χ1) is 9.11. The predicted octanol–water partition coefficient (Wildman–Crippen LogP) is 2.02. The van der Waals surface area contributed by atoms with Crippen molar-refractivity contribution in [3.05, 3.63) is 23.9 Å². The molecule has 0 saturated carbocycles. The number of rotatable bonds is 4. The summed E-state index contributed by atoms with van der Waals surface area (Å²) in [5.74, 6) is 1.08. The molecule has 0 amide bonds. The number of piperazine rings is 1. The third kappa shape index (κ3) is 3.45. The highest BCUT2D eigenvalue weighted by Crippen LogP contribution is 2.18. The molecule has 1 fully saturated rings. The average Bonchev–Trinajstić information content (AvgIpc) is 2.46. The van der Waals surface area contributed by atoms with Crippen LogP contribution in [0.5, 0.6) is 0 Å². The van der Waals surface area contributed by atoms with Gasteiger partial charge in [-0.2, -0.15) is 0 Å². The van der Waals surface area contributed by atoms with E-state index in [-0.39, 0.29) is 6.04 Å². The van der Waals surface area contributed by atoms with Crippen LogP contribution in [0.4, 0.5) is 5.82 Å². The summed E-state index contributed by atoms with van der Waals surface area (Å²) in [6.45, 7) is 11.0. The molecule has 2 heterocycles. The molecule has 2 N–H and O–H groups in total. The zero-order valence-corrected chi connectivity index (χ0v) is 12.3. The molecular weight excluding hydrogens is 236 g/mol. The van der Waals surface area contributed by atoms with Crippen LogP contribution in [0.1, 0.15) is 38.8 Å². The maximum absolute atomic E-state index is 6.01.